The molecule has 124 valence electrons. The van der Waals surface area contributed by atoms with Gasteiger partial charge >= 0.3 is 0 Å². The zero-order valence-corrected chi connectivity index (χ0v) is 14.3. The Morgan fingerprint density at radius 2 is 1.15 bits per heavy atom. The van der Waals surface area contributed by atoms with Gasteiger partial charge in [-0.3, -0.25) is 0 Å². The minimum Gasteiger partial charge on any atom is -0.302 e. The summed E-state index contributed by atoms with van der Waals surface area (Å²) in [7, 11) is 0. The van der Waals surface area contributed by atoms with Gasteiger partial charge in [-0.15, -0.1) is 0 Å². The molecule has 2 heterocycles. The van der Waals surface area contributed by atoms with Crippen LogP contribution in [0.5, 0.6) is 0 Å². The highest BCUT2D eigenvalue weighted by Gasteiger charge is 2.24. The van der Waals surface area contributed by atoms with Gasteiger partial charge < -0.3 is 4.57 Å². The van der Waals surface area contributed by atoms with Gasteiger partial charge in [-0.1, -0.05) is 91.0 Å². The molecule has 0 radical (unpaired) electrons. The smallest absolute Gasteiger partial charge is 0.118 e. The number of nitrogens with zero attached hydrogens (tertiary/aromatic N) is 2. The fourth-order valence-corrected chi connectivity index (χ4v) is 3.61. The number of rotatable bonds is 3. The molecule has 0 aliphatic carbocycles. The van der Waals surface area contributed by atoms with Crippen molar-refractivity contribution in [1.82, 2.24) is 9.55 Å². The second-order valence-corrected chi connectivity index (χ2v) is 6.52. The zero-order chi connectivity index (χ0) is 17.3. The lowest BCUT2D eigenvalue weighted by Crippen LogP contribution is -1.91. The molecule has 0 fully saturated rings. The van der Waals surface area contributed by atoms with Crippen LogP contribution in [0.3, 0.4) is 0 Å². The average Bonchev–Trinajstić information content (AvgIpc) is 3.28. The van der Waals surface area contributed by atoms with Crippen LogP contribution in [0.4, 0.5) is 0 Å². The monoisotopic (exact) mass is 334 g/mol. The molecule has 0 saturated heterocycles. The van der Waals surface area contributed by atoms with Crippen LogP contribution in [0.2, 0.25) is 0 Å². The molecular formula is C24H18N2. The second kappa shape index (κ2) is 6.16. The standard InChI is InChI=1S/C24H18N2/c1-4-10-18(11-5-1)21-16-22-25-23(19-12-6-2-7-13-19)24(26(22)17-21)20-14-8-3-9-15-20/h1-15,17H,16H2. The number of benzene rings is 3. The van der Waals surface area contributed by atoms with Gasteiger partial charge in [0, 0.05) is 23.7 Å². The second-order valence-electron chi connectivity index (χ2n) is 6.52. The van der Waals surface area contributed by atoms with Crippen LogP contribution < -0.4 is 0 Å². The SMILES string of the molecule is C1=C(c2ccccc2)Cc2nc(-c3ccccc3)c(-c3ccccc3)n21. The maximum atomic E-state index is 5.02. The van der Waals surface area contributed by atoms with Crippen LogP contribution in [0.1, 0.15) is 11.4 Å². The lowest BCUT2D eigenvalue weighted by atomic mass is 10.0. The lowest BCUT2D eigenvalue weighted by molar-refractivity contribution is 1.03. The van der Waals surface area contributed by atoms with E-state index >= 15 is 0 Å². The molecule has 4 aromatic rings. The fourth-order valence-electron chi connectivity index (χ4n) is 3.61. The number of allylic oxidation sites excluding steroid dienone is 1. The van der Waals surface area contributed by atoms with Gasteiger partial charge in [0.1, 0.15) is 5.82 Å². The third kappa shape index (κ3) is 2.47. The van der Waals surface area contributed by atoms with Gasteiger partial charge in [-0.25, -0.2) is 4.98 Å². The first kappa shape index (κ1) is 14.9. The molecule has 0 N–H and O–H groups in total. The van der Waals surface area contributed by atoms with E-state index in [-0.39, 0.29) is 0 Å². The molecule has 0 bridgehead atoms. The topological polar surface area (TPSA) is 17.8 Å². The third-order valence-electron chi connectivity index (χ3n) is 4.86. The van der Waals surface area contributed by atoms with Gasteiger partial charge in [0.05, 0.1) is 11.4 Å². The summed E-state index contributed by atoms with van der Waals surface area (Å²) in [4.78, 5) is 5.02. The molecule has 26 heavy (non-hydrogen) atoms. The summed E-state index contributed by atoms with van der Waals surface area (Å²) >= 11 is 0. The maximum absolute atomic E-state index is 5.02. The molecule has 0 unspecified atom stereocenters. The van der Waals surface area contributed by atoms with Crippen molar-refractivity contribution in [2.75, 3.05) is 0 Å². The summed E-state index contributed by atoms with van der Waals surface area (Å²) in [5, 5.41) is 0. The predicted octanol–water partition coefficient (Wildman–Crippen LogP) is 5.77. The molecule has 1 aromatic heterocycles. The minimum atomic E-state index is 0.858. The zero-order valence-electron chi connectivity index (χ0n) is 14.3. The largest absolute Gasteiger partial charge is 0.302 e. The van der Waals surface area contributed by atoms with E-state index in [0.29, 0.717) is 0 Å². The minimum absolute atomic E-state index is 0.858. The molecule has 1 aliphatic heterocycles. The Labute approximate surface area is 153 Å². The molecule has 0 amide bonds. The Morgan fingerprint density at radius 1 is 0.615 bits per heavy atom. The number of hydrogen-bond acceptors (Lipinski definition) is 1. The van der Waals surface area contributed by atoms with Crippen molar-refractivity contribution in [3.05, 3.63) is 102 Å². The Kier molecular flexibility index (Phi) is 3.53. The predicted molar refractivity (Wildman–Crippen MR) is 107 cm³/mol. The van der Waals surface area contributed by atoms with Gasteiger partial charge in [0.2, 0.25) is 0 Å². The first-order valence-corrected chi connectivity index (χ1v) is 8.88. The molecule has 5 rings (SSSR count). The fraction of sp³-hybridized carbons (Fsp3) is 0.0417. The first-order valence-electron chi connectivity index (χ1n) is 8.88. The quantitative estimate of drug-likeness (QED) is 0.465. The van der Waals surface area contributed by atoms with Crippen LogP contribution >= 0.6 is 0 Å². The normalized spacial score (nSPS) is 12.7. The Balaban J connectivity index is 1.71. The molecule has 0 saturated carbocycles. The lowest BCUT2D eigenvalue weighted by Gasteiger charge is -2.07. The van der Waals surface area contributed by atoms with Crippen molar-refractivity contribution in [2.45, 2.75) is 6.42 Å². The summed E-state index contributed by atoms with van der Waals surface area (Å²) in [6, 6.07) is 31.5. The van der Waals surface area contributed by atoms with Crippen molar-refractivity contribution >= 4 is 11.8 Å². The van der Waals surface area contributed by atoms with Crippen LogP contribution in [-0.2, 0) is 6.42 Å². The summed E-state index contributed by atoms with van der Waals surface area (Å²) in [5.74, 6) is 1.10. The van der Waals surface area contributed by atoms with E-state index < -0.39 is 0 Å². The van der Waals surface area contributed by atoms with Crippen molar-refractivity contribution in [3.63, 3.8) is 0 Å². The molecular weight excluding hydrogens is 316 g/mol. The first-order chi connectivity index (χ1) is 12.9. The van der Waals surface area contributed by atoms with Crippen molar-refractivity contribution in [1.29, 1.82) is 0 Å². The van der Waals surface area contributed by atoms with Crippen LogP contribution in [0.25, 0.3) is 34.3 Å². The van der Waals surface area contributed by atoms with Crippen molar-refractivity contribution in [2.24, 2.45) is 0 Å². The van der Waals surface area contributed by atoms with Crippen molar-refractivity contribution in [3.8, 4) is 22.5 Å². The highest BCUT2D eigenvalue weighted by atomic mass is 15.1. The number of hydrogen-bond donors (Lipinski definition) is 0. The summed E-state index contributed by atoms with van der Waals surface area (Å²) < 4.78 is 2.26. The Morgan fingerprint density at radius 3 is 1.77 bits per heavy atom. The van der Waals surface area contributed by atoms with Crippen LogP contribution in [-0.4, -0.2) is 9.55 Å². The maximum Gasteiger partial charge on any atom is 0.118 e. The van der Waals surface area contributed by atoms with Crippen LogP contribution in [0, 0.1) is 0 Å². The van der Waals surface area contributed by atoms with Gasteiger partial charge in [0.25, 0.3) is 0 Å². The summed E-state index contributed by atoms with van der Waals surface area (Å²) in [6.07, 6.45) is 3.10. The van der Waals surface area contributed by atoms with E-state index in [1.54, 1.807) is 0 Å². The van der Waals surface area contributed by atoms with E-state index in [0.717, 1.165) is 29.2 Å². The molecule has 3 aromatic carbocycles. The Bertz CT molecular complexity index is 1080. The molecule has 2 heteroatoms. The third-order valence-corrected chi connectivity index (χ3v) is 4.86. The molecule has 0 spiro atoms. The Hall–Kier alpha value is -3.39. The molecule has 1 aliphatic rings. The number of fused-ring (bicyclic) bond motifs is 1. The van der Waals surface area contributed by atoms with Gasteiger partial charge in [-0.2, -0.15) is 0 Å². The molecule has 2 nitrogen and oxygen atoms in total. The van der Waals surface area contributed by atoms with E-state index in [1.807, 2.05) is 6.07 Å². The van der Waals surface area contributed by atoms with Crippen LogP contribution in [0.15, 0.2) is 91.0 Å². The van der Waals surface area contributed by atoms with E-state index in [4.69, 9.17) is 4.98 Å². The van der Waals surface area contributed by atoms with E-state index in [1.165, 1.54) is 16.7 Å². The summed E-state index contributed by atoms with van der Waals surface area (Å²) in [6.45, 7) is 0. The average molecular weight is 334 g/mol. The number of aromatic nitrogens is 2. The number of imidazole rings is 1. The van der Waals surface area contributed by atoms with Crippen molar-refractivity contribution < 1.29 is 0 Å². The molecule has 0 atom stereocenters. The highest BCUT2D eigenvalue weighted by Crippen LogP contribution is 2.38. The van der Waals surface area contributed by atoms with Gasteiger partial charge in [0.15, 0.2) is 0 Å². The summed E-state index contributed by atoms with van der Waals surface area (Å²) in [5.41, 5.74) is 7.13. The van der Waals surface area contributed by atoms with E-state index in [2.05, 4.69) is 95.7 Å². The van der Waals surface area contributed by atoms with Gasteiger partial charge in [-0.05, 0) is 11.1 Å². The highest BCUT2D eigenvalue weighted by molar-refractivity contribution is 5.87. The van der Waals surface area contributed by atoms with E-state index in [9.17, 15) is 0 Å².